The second-order valence-corrected chi connectivity index (χ2v) is 4.16. The van der Waals surface area contributed by atoms with E-state index in [0.717, 1.165) is 18.7 Å². The molecule has 1 fully saturated rings. The number of nitrogens with zero attached hydrogens (tertiary/aromatic N) is 1. The third-order valence-corrected chi connectivity index (χ3v) is 3.21. The zero-order valence-corrected chi connectivity index (χ0v) is 9.15. The van der Waals surface area contributed by atoms with Gasteiger partial charge in [-0.15, -0.1) is 0 Å². The molecule has 0 spiro atoms. The highest BCUT2D eigenvalue weighted by atomic mass is 16.5. The van der Waals surface area contributed by atoms with Crippen molar-refractivity contribution in [3.05, 3.63) is 23.9 Å². The normalized spacial score (nSPS) is 26.3. The van der Waals surface area contributed by atoms with Gasteiger partial charge in [0.05, 0.1) is 7.11 Å². The molecule has 0 amide bonds. The lowest BCUT2D eigenvalue weighted by molar-refractivity contribution is 0.352. The van der Waals surface area contributed by atoms with E-state index in [0.29, 0.717) is 5.92 Å². The maximum atomic E-state index is 6.15. The van der Waals surface area contributed by atoms with E-state index in [1.807, 2.05) is 6.07 Å². The molecule has 3 heteroatoms. The van der Waals surface area contributed by atoms with Gasteiger partial charge in [0.2, 0.25) is 5.88 Å². The van der Waals surface area contributed by atoms with Gasteiger partial charge in [0, 0.05) is 23.7 Å². The molecule has 1 aromatic heterocycles. The van der Waals surface area contributed by atoms with Crippen LogP contribution < -0.4 is 10.5 Å². The van der Waals surface area contributed by atoms with Crippen molar-refractivity contribution in [1.29, 1.82) is 0 Å². The molecule has 1 saturated carbocycles. The smallest absolute Gasteiger partial charge is 0.216 e. The highest BCUT2D eigenvalue weighted by molar-refractivity contribution is 5.31. The lowest BCUT2D eigenvalue weighted by atomic mass is 9.81. The summed E-state index contributed by atoms with van der Waals surface area (Å²) in [5.74, 6) is 1.15. The molecule has 0 aromatic carbocycles. The Morgan fingerprint density at radius 1 is 1.40 bits per heavy atom. The van der Waals surface area contributed by atoms with Crippen molar-refractivity contribution in [2.24, 2.45) is 5.73 Å². The molecule has 15 heavy (non-hydrogen) atoms. The molecule has 2 atom stereocenters. The molecule has 2 unspecified atom stereocenters. The monoisotopic (exact) mass is 206 g/mol. The number of pyridine rings is 1. The van der Waals surface area contributed by atoms with E-state index in [-0.39, 0.29) is 6.04 Å². The summed E-state index contributed by atoms with van der Waals surface area (Å²) in [5.41, 5.74) is 7.32. The van der Waals surface area contributed by atoms with Gasteiger partial charge in [0.15, 0.2) is 0 Å². The van der Waals surface area contributed by atoms with Crippen molar-refractivity contribution in [3.63, 3.8) is 0 Å². The Kier molecular flexibility index (Phi) is 3.21. The summed E-state index contributed by atoms with van der Waals surface area (Å²) >= 11 is 0. The van der Waals surface area contributed by atoms with Gasteiger partial charge >= 0.3 is 0 Å². The number of methoxy groups -OCH3 is 1. The largest absolute Gasteiger partial charge is 0.481 e. The van der Waals surface area contributed by atoms with Crippen molar-refractivity contribution >= 4 is 0 Å². The fraction of sp³-hybridized carbons (Fsp3) is 0.583. The molecule has 1 heterocycles. The predicted octanol–water partition coefficient (Wildman–Crippen LogP) is 2.08. The fourth-order valence-electron chi connectivity index (χ4n) is 2.40. The van der Waals surface area contributed by atoms with Crippen LogP contribution in [0.15, 0.2) is 18.3 Å². The van der Waals surface area contributed by atoms with Crippen LogP contribution in [-0.4, -0.2) is 18.1 Å². The van der Waals surface area contributed by atoms with Gasteiger partial charge in [-0.25, -0.2) is 4.98 Å². The van der Waals surface area contributed by atoms with Crippen molar-refractivity contribution < 1.29 is 4.74 Å². The Morgan fingerprint density at radius 3 is 2.93 bits per heavy atom. The second-order valence-electron chi connectivity index (χ2n) is 4.16. The van der Waals surface area contributed by atoms with Crippen LogP contribution in [0, 0.1) is 0 Å². The van der Waals surface area contributed by atoms with E-state index in [1.54, 1.807) is 13.3 Å². The van der Waals surface area contributed by atoms with E-state index in [9.17, 15) is 0 Å². The summed E-state index contributed by atoms with van der Waals surface area (Å²) in [7, 11) is 1.67. The van der Waals surface area contributed by atoms with Crippen LogP contribution in [0.4, 0.5) is 0 Å². The molecule has 82 valence electrons. The van der Waals surface area contributed by atoms with Crippen LogP contribution in [0.3, 0.4) is 0 Å². The molecule has 1 aromatic rings. The first-order valence-electron chi connectivity index (χ1n) is 5.57. The van der Waals surface area contributed by atoms with Gasteiger partial charge in [-0.1, -0.05) is 18.9 Å². The van der Waals surface area contributed by atoms with E-state index < -0.39 is 0 Å². The van der Waals surface area contributed by atoms with Crippen LogP contribution in [0.2, 0.25) is 0 Å². The van der Waals surface area contributed by atoms with Crippen LogP contribution in [0.5, 0.6) is 5.88 Å². The highest BCUT2D eigenvalue weighted by Gasteiger charge is 2.26. The third kappa shape index (κ3) is 2.12. The maximum absolute atomic E-state index is 6.15. The van der Waals surface area contributed by atoms with Crippen molar-refractivity contribution in [1.82, 2.24) is 4.98 Å². The summed E-state index contributed by atoms with van der Waals surface area (Å²) in [6, 6.07) is 4.30. The van der Waals surface area contributed by atoms with Crippen LogP contribution in [0.1, 0.15) is 37.2 Å². The molecule has 2 rings (SSSR count). The Morgan fingerprint density at radius 2 is 2.20 bits per heavy atom. The van der Waals surface area contributed by atoms with Crippen molar-refractivity contribution in [2.75, 3.05) is 7.11 Å². The minimum atomic E-state index is 0.261. The number of ether oxygens (including phenoxy) is 1. The molecule has 0 radical (unpaired) electrons. The Balaban J connectivity index is 2.26. The summed E-state index contributed by atoms with van der Waals surface area (Å²) in [4.78, 5) is 4.23. The first kappa shape index (κ1) is 10.4. The van der Waals surface area contributed by atoms with Gasteiger partial charge in [-0.2, -0.15) is 0 Å². The molecule has 0 aliphatic heterocycles. The molecule has 1 aliphatic carbocycles. The van der Waals surface area contributed by atoms with Gasteiger partial charge in [-0.3, -0.25) is 0 Å². The molecular weight excluding hydrogens is 188 g/mol. The highest BCUT2D eigenvalue weighted by Crippen LogP contribution is 2.35. The molecule has 0 saturated heterocycles. The van der Waals surface area contributed by atoms with E-state index >= 15 is 0 Å². The van der Waals surface area contributed by atoms with Crippen molar-refractivity contribution in [2.45, 2.75) is 37.6 Å². The lowest BCUT2D eigenvalue weighted by Gasteiger charge is -2.29. The van der Waals surface area contributed by atoms with Gasteiger partial charge in [-0.05, 0) is 18.9 Å². The van der Waals surface area contributed by atoms with E-state index in [2.05, 4.69) is 11.1 Å². The zero-order chi connectivity index (χ0) is 10.7. The van der Waals surface area contributed by atoms with Gasteiger partial charge in [0.25, 0.3) is 0 Å². The summed E-state index contributed by atoms with van der Waals surface area (Å²) in [5, 5.41) is 0. The molecule has 3 nitrogen and oxygen atoms in total. The Bertz CT molecular complexity index is 327. The average molecular weight is 206 g/mol. The lowest BCUT2D eigenvalue weighted by Crippen LogP contribution is -2.31. The molecular formula is C12H18N2O. The fourth-order valence-corrected chi connectivity index (χ4v) is 2.40. The van der Waals surface area contributed by atoms with Gasteiger partial charge < -0.3 is 10.5 Å². The van der Waals surface area contributed by atoms with Crippen LogP contribution >= 0.6 is 0 Å². The summed E-state index contributed by atoms with van der Waals surface area (Å²) in [6.07, 6.45) is 6.54. The van der Waals surface area contributed by atoms with Crippen LogP contribution in [-0.2, 0) is 0 Å². The second kappa shape index (κ2) is 4.62. The number of hydrogen-bond donors (Lipinski definition) is 1. The first-order valence-corrected chi connectivity index (χ1v) is 5.57. The molecule has 0 bridgehead atoms. The maximum Gasteiger partial charge on any atom is 0.216 e. The molecule has 2 N–H and O–H groups in total. The minimum absolute atomic E-state index is 0.261. The molecule has 1 aliphatic rings. The average Bonchev–Trinajstić information content (AvgIpc) is 2.30. The number of rotatable bonds is 2. The quantitative estimate of drug-likeness (QED) is 0.806. The predicted molar refractivity (Wildman–Crippen MR) is 60.0 cm³/mol. The number of nitrogens with two attached hydrogens (primary N) is 1. The standard InChI is InChI=1S/C12H18N2O/c1-15-12-10(6-4-8-14-12)9-5-2-3-7-11(9)13/h4,6,8-9,11H,2-3,5,7,13H2,1H3. The van der Waals surface area contributed by atoms with Gasteiger partial charge in [0.1, 0.15) is 0 Å². The topological polar surface area (TPSA) is 48.1 Å². The Labute approximate surface area is 90.7 Å². The minimum Gasteiger partial charge on any atom is -0.481 e. The number of aromatic nitrogens is 1. The zero-order valence-electron chi connectivity index (χ0n) is 9.15. The SMILES string of the molecule is COc1ncccc1C1CCCCC1N. The Hall–Kier alpha value is -1.09. The third-order valence-electron chi connectivity index (χ3n) is 3.21. The van der Waals surface area contributed by atoms with Crippen LogP contribution in [0.25, 0.3) is 0 Å². The van der Waals surface area contributed by atoms with E-state index in [4.69, 9.17) is 10.5 Å². The summed E-state index contributed by atoms with van der Waals surface area (Å²) in [6.45, 7) is 0. The van der Waals surface area contributed by atoms with E-state index in [1.165, 1.54) is 18.4 Å². The number of hydrogen-bond acceptors (Lipinski definition) is 3. The summed E-state index contributed by atoms with van der Waals surface area (Å²) < 4.78 is 5.28. The first-order chi connectivity index (χ1) is 7.33. The van der Waals surface area contributed by atoms with Crippen molar-refractivity contribution in [3.8, 4) is 5.88 Å².